The fourth-order valence-electron chi connectivity index (χ4n) is 2.76. The third-order valence-corrected chi connectivity index (χ3v) is 3.98. The van der Waals surface area contributed by atoms with Crippen LogP contribution in [0.2, 0.25) is 0 Å². The van der Waals surface area contributed by atoms with Crippen LogP contribution in [0.1, 0.15) is 27.3 Å². The SMILES string of the molecule is Cc1cc(C)nc(Nc2ccc(C(=O)N(C)Cc3ccccc3)cc2)n1. The maximum Gasteiger partial charge on any atom is 0.253 e. The first-order valence-electron chi connectivity index (χ1n) is 8.50. The number of aryl methyl sites for hydroxylation is 2. The maximum absolute atomic E-state index is 12.6. The Morgan fingerprint density at radius 3 is 2.19 bits per heavy atom. The van der Waals surface area contributed by atoms with Gasteiger partial charge in [-0.05, 0) is 49.7 Å². The first-order chi connectivity index (χ1) is 12.5. The van der Waals surface area contributed by atoms with Crippen molar-refractivity contribution < 1.29 is 4.79 Å². The lowest BCUT2D eigenvalue weighted by Gasteiger charge is -2.17. The van der Waals surface area contributed by atoms with E-state index in [1.807, 2.05) is 81.6 Å². The zero-order valence-electron chi connectivity index (χ0n) is 15.2. The van der Waals surface area contributed by atoms with Gasteiger partial charge in [0.15, 0.2) is 0 Å². The van der Waals surface area contributed by atoms with Gasteiger partial charge in [0.05, 0.1) is 0 Å². The molecule has 1 heterocycles. The smallest absolute Gasteiger partial charge is 0.253 e. The molecule has 3 rings (SSSR count). The van der Waals surface area contributed by atoms with Crippen molar-refractivity contribution in [3.63, 3.8) is 0 Å². The Morgan fingerprint density at radius 1 is 0.962 bits per heavy atom. The largest absolute Gasteiger partial charge is 0.337 e. The van der Waals surface area contributed by atoms with E-state index in [9.17, 15) is 4.79 Å². The minimum atomic E-state index is -0.0111. The molecular weight excluding hydrogens is 324 g/mol. The third-order valence-electron chi connectivity index (χ3n) is 3.98. The molecule has 0 unspecified atom stereocenters. The molecule has 0 atom stereocenters. The van der Waals surface area contributed by atoms with Crippen molar-refractivity contribution in [3.8, 4) is 0 Å². The van der Waals surface area contributed by atoms with Crippen molar-refractivity contribution in [2.24, 2.45) is 0 Å². The van der Waals surface area contributed by atoms with Crippen molar-refractivity contribution >= 4 is 17.5 Å². The van der Waals surface area contributed by atoms with Gasteiger partial charge >= 0.3 is 0 Å². The molecule has 0 bridgehead atoms. The van der Waals surface area contributed by atoms with Crippen LogP contribution in [0.25, 0.3) is 0 Å². The summed E-state index contributed by atoms with van der Waals surface area (Å²) in [7, 11) is 1.81. The van der Waals surface area contributed by atoms with Crippen LogP contribution in [-0.4, -0.2) is 27.8 Å². The number of carbonyl (C=O) groups excluding carboxylic acids is 1. The predicted molar refractivity (Wildman–Crippen MR) is 103 cm³/mol. The van der Waals surface area contributed by atoms with Crippen molar-refractivity contribution in [2.75, 3.05) is 12.4 Å². The molecular formula is C21H22N4O. The van der Waals surface area contributed by atoms with E-state index in [2.05, 4.69) is 15.3 Å². The molecule has 0 saturated heterocycles. The lowest BCUT2D eigenvalue weighted by molar-refractivity contribution is 0.0785. The summed E-state index contributed by atoms with van der Waals surface area (Å²) in [6, 6.07) is 19.2. The molecule has 1 amide bonds. The second-order valence-corrected chi connectivity index (χ2v) is 6.32. The molecule has 132 valence electrons. The standard InChI is InChI=1S/C21H22N4O/c1-15-13-16(2)23-21(22-15)24-19-11-9-18(10-12-19)20(26)25(3)14-17-7-5-4-6-8-17/h4-13H,14H2,1-3H3,(H,22,23,24). The number of hydrogen-bond donors (Lipinski definition) is 1. The molecule has 1 N–H and O–H groups in total. The van der Waals surface area contributed by atoms with Gasteiger partial charge in [0.25, 0.3) is 5.91 Å². The Kier molecular flexibility index (Phi) is 5.27. The van der Waals surface area contributed by atoms with Gasteiger partial charge in [0.1, 0.15) is 0 Å². The van der Waals surface area contributed by atoms with Gasteiger partial charge in [-0.2, -0.15) is 0 Å². The van der Waals surface area contributed by atoms with Gasteiger partial charge in [-0.3, -0.25) is 4.79 Å². The molecule has 0 aliphatic rings. The van der Waals surface area contributed by atoms with Crippen LogP contribution >= 0.6 is 0 Å². The van der Waals surface area contributed by atoms with E-state index in [-0.39, 0.29) is 5.91 Å². The molecule has 5 nitrogen and oxygen atoms in total. The predicted octanol–water partition coefficient (Wildman–Crippen LogP) is 4.11. The summed E-state index contributed by atoms with van der Waals surface area (Å²) in [5, 5.41) is 3.17. The van der Waals surface area contributed by atoms with Gasteiger partial charge in [-0.1, -0.05) is 30.3 Å². The van der Waals surface area contributed by atoms with E-state index >= 15 is 0 Å². The van der Waals surface area contributed by atoms with E-state index in [4.69, 9.17) is 0 Å². The number of anilines is 2. The van der Waals surface area contributed by atoms with E-state index in [1.165, 1.54) is 0 Å². The topological polar surface area (TPSA) is 58.1 Å². The van der Waals surface area contributed by atoms with Crippen LogP contribution < -0.4 is 5.32 Å². The Morgan fingerprint density at radius 2 is 1.58 bits per heavy atom. The average Bonchev–Trinajstić information content (AvgIpc) is 2.62. The van der Waals surface area contributed by atoms with Crippen molar-refractivity contribution in [3.05, 3.63) is 83.2 Å². The molecule has 2 aromatic carbocycles. The highest BCUT2D eigenvalue weighted by Crippen LogP contribution is 2.16. The Hall–Kier alpha value is -3.21. The number of benzene rings is 2. The molecule has 0 aliphatic heterocycles. The number of rotatable bonds is 5. The Bertz CT molecular complexity index is 871. The maximum atomic E-state index is 12.6. The number of carbonyl (C=O) groups is 1. The molecule has 0 saturated carbocycles. The zero-order valence-corrected chi connectivity index (χ0v) is 15.2. The fraction of sp³-hybridized carbons (Fsp3) is 0.190. The summed E-state index contributed by atoms with van der Waals surface area (Å²) in [5.41, 5.74) is 4.42. The fourth-order valence-corrected chi connectivity index (χ4v) is 2.76. The van der Waals surface area contributed by atoms with Gasteiger partial charge in [-0.15, -0.1) is 0 Å². The lowest BCUT2D eigenvalue weighted by Crippen LogP contribution is -2.26. The second-order valence-electron chi connectivity index (χ2n) is 6.32. The monoisotopic (exact) mass is 346 g/mol. The van der Waals surface area contributed by atoms with E-state index < -0.39 is 0 Å². The van der Waals surface area contributed by atoms with Crippen molar-refractivity contribution in [2.45, 2.75) is 20.4 Å². The minimum absolute atomic E-state index is 0.0111. The van der Waals surface area contributed by atoms with E-state index in [0.29, 0.717) is 18.1 Å². The van der Waals surface area contributed by atoms with Crippen LogP contribution in [-0.2, 0) is 6.54 Å². The van der Waals surface area contributed by atoms with Crippen LogP contribution in [0.4, 0.5) is 11.6 Å². The van der Waals surface area contributed by atoms with Gasteiger partial charge in [0.2, 0.25) is 5.95 Å². The lowest BCUT2D eigenvalue weighted by atomic mass is 10.1. The first kappa shape index (κ1) is 17.6. The van der Waals surface area contributed by atoms with E-state index in [1.54, 1.807) is 4.90 Å². The molecule has 1 aromatic heterocycles. The zero-order chi connectivity index (χ0) is 18.5. The van der Waals surface area contributed by atoms with Gasteiger partial charge in [-0.25, -0.2) is 9.97 Å². The highest BCUT2D eigenvalue weighted by Gasteiger charge is 2.12. The van der Waals surface area contributed by atoms with Crippen LogP contribution in [0.15, 0.2) is 60.7 Å². The number of nitrogens with one attached hydrogen (secondary N) is 1. The summed E-state index contributed by atoms with van der Waals surface area (Å²) < 4.78 is 0. The molecule has 0 fully saturated rings. The van der Waals surface area contributed by atoms with Crippen molar-refractivity contribution in [1.29, 1.82) is 0 Å². The van der Waals surface area contributed by atoms with Crippen molar-refractivity contribution in [1.82, 2.24) is 14.9 Å². The molecule has 26 heavy (non-hydrogen) atoms. The molecule has 0 aliphatic carbocycles. The summed E-state index contributed by atoms with van der Waals surface area (Å²) in [6.45, 7) is 4.45. The molecule has 3 aromatic rings. The molecule has 0 spiro atoms. The molecule has 0 radical (unpaired) electrons. The number of aromatic nitrogens is 2. The Labute approximate surface area is 153 Å². The summed E-state index contributed by atoms with van der Waals surface area (Å²) in [5.74, 6) is 0.547. The second kappa shape index (κ2) is 7.78. The number of amides is 1. The highest BCUT2D eigenvalue weighted by molar-refractivity contribution is 5.94. The van der Waals surface area contributed by atoms with Crippen LogP contribution in [0.3, 0.4) is 0 Å². The number of nitrogens with zero attached hydrogens (tertiary/aromatic N) is 3. The summed E-state index contributed by atoms with van der Waals surface area (Å²) >= 11 is 0. The molecule has 5 heteroatoms. The summed E-state index contributed by atoms with van der Waals surface area (Å²) in [4.78, 5) is 23.0. The highest BCUT2D eigenvalue weighted by atomic mass is 16.2. The third kappa shape index (κ3) is 4.45. The first-order valence-corrected chi connectivity index (χ1v) is 8.50. The minimum Gasteiger partial charge on any atom is -0.337 e. The van der Waals surface area contributed by atoms with Crippen LogP contribution in [0, 0.1) is 13.8 Å². The Balaban J connectivity index is 1.67. The summed E-state index contributed by atoms with van der Waals surface area (Å²) in [6.07, 6.45) is 0. The van der Waals surface area contributed by atoms with Gasteiger partial charge < -0.3 is 10.2 Å². The average molecular weight is 346 g/mol. The van der Waals surface area contributed by atoms with Gasteiger partial charge in [0, 0.05) is 36.2 Å². The van der Waals surface area contributed by atoms with E-state index in [0.717, 1.165) is 22.6 Å². The normalized spacial score (nSPS) is 10.4. The van der Waals surface area contributed by atoms with Crippen LogP contribution in [0.5, 0.6) is 0 Å². The number of hydrogen-bond acceptors (Lipinski definition) is 4. The quantitative estimate of drug-likeness (QED) is 0.755.